The normalized spacial score (nSPS) is 42.2. The van der Waals surface area contributed by atoms with Gasteiger partial charge in [0.15, 0.2) is 0 Å². The zero-order valence-corrected chi connectivity index (χ0v) is 10.9. The van der Waals surface area contributed by atoms with Crippen molar-refractivity contribution in [3.63, 3.8) is 0 Å². The second-order valence-electron chi connectivity index (χ2n) is 5.14. The molecule has 0 aromatic heterocycles. The molecule has 2 aliphatic rings. The zero-order chi connectivity index (χ0) is 12.3. The third-order valence-corrected chi connectivity index (χ3v) is 3.93. The van der Waals surface area contributed by atoms with Gasteiger partial charge in [-0.05, 0) is 39.0 Å². The molecule has 0 amide bonds. The molecular formula is C13H25NO3. The molecule has 0 aromatic carbocycles. The van der Waals surface area contributed by atoms with Crippen molar-refractivity contribution in [1.82, 2.24) is 0 Å². The summed E-state index contributed by atoms with van der Waals surface area (Å²) in [5, 5.41) is 0. The summed E-state index contributed by atoms with van der Waals surface area (Å²) in [6.07, 6.45) is 6.44. The van der Waals surface area contributed by atoms with Crippen molar-refractivity contribution in [2.45, 2.75) is 69.5 Å². The van der Waals surface area contributed by atoms with Crippen LogP contribution >= 0.6 is 0 Å². The molecule has 0 saturated heterocycles. The van der Waals surface area contributed by atoms with E-state index in [1.165, 1.54) is 6.42 Å². The molecule has 2 rings (SSSR count). The Labute approximate surface area is 104 Å². The number of methoxy groups -OCH3 is 1. The van der Waals surface area contributed by atoms with Gasteiger partial charge >= 0.3 is 0 Å². The van der Waals surface area contributed by atoms with E-state index < -0.39 is 0 Å². The first-order valence-electron chi connectivity index (χ1n) is 6.80. The number of rotatable bonds is 5. The van der Waals surface area contributed by atoms with Crippen molar-refractivity contribution in [3.8, 4) is 0 Å². The van der Waals surface area contributed by atoms with Gasteiger partial charge in [0.2, 0.25) is 0 Å². The van der Waals surface area contributed by atoms with Gasteiger partial charge in [0.25, 0.3) is 0 Å². The van der Waals surface area contributed by atoms with E-state index in [0.717, 1.165) is 25.7 Å². The summed E-state index contributed by atoms with van der Waals surface area (Å²) in [4.78, 5) is 0. The molecule has 17 heavy (non-hydrogen) atoms. The zero-order valence-electron chi connectivity index (χ0n) is 10.9. The maximum atomic E-state index is 6.11. The van der Waals surface area contributed by atoms with Gasteiger partial charge < -0.3 is 19.9 Å². The molecule has 5 atom stereocenters. The topological polar surface area (TPSA) is 53.7 Å². The fraction of sp³-hybridized carbons (Fsp3) is 1.00. The quantitative estimate of drug-likeness (QED) is 0.794. The molecule has 4 nitrogen and oxygen atoms in total. The van der Waals surface area contributed by atoms with Gasteiger partial charge in [-0.3, -0.25) is 0 Å². The highest BCUT2D eigenvalue weighted by Gasteiger charge is 2.42. The Morgan fingerprint density at radius 2 is 1.94 bits per heavy atom. The molecule has 2 aliphatic carbocycles. The summed E-state index contributed by atoms with van der Waals surface area (Å²) in [5.41, 5.74) is 5.93. The largest absolute Gasteiger partial charge is 0.381 e. The van der Waals surface area contributed by atoms with Crippen molar-refractivity contribution in [2.75, 3.05) is 13.7 Å². The fourth-order valence-corrected chi connectivity index (χ4v) is 2.86. The van der Waals surface area contributed by atoms with Crippen molar-refractivity contribution < 1.29 is 14.2 Å². The molecule has 2 fully saturated rings. The van der Waals surface area contributed by atoms with E-state index in [0.29, 0.717) is 18.8 Å². The lowest BCUT2D eigenvalue weighted by Gasteiger charge is -2.44. The smallest absolute Gasteiger partial charge is 0.0988 e. The third-order valence-electron chi connectivity index (χ3n) is 3.93. The molecule has 5 unspecified atom stereocenters. The average molecular weight is 243 g/mol. The van der Waals surface area contributed by atoms with Crippen LogP contribution in [0.1, 0.15) is 39.0 Å². The van der Waals surface area contributed by atoms with E-state index in [-0.39, 0.29) is 18.2 Å². The maximum absolute atomic E-state index is 6.11. The first-order chi connectivity index (χ1) is 8.24. The molecule has 100 valence electrons. The minimum Gasteiger partial charge on any atom is -0.381 e. The lowest BCUT2D eigenvalue weighted by atomic mass is 9.85. The molecule has 0 bridgehead atoms. The molecule has 0 aliphatic heterocycles. The summed E-state index contributed by atoms with van der Waals surface area (Å²) < 4.78 is 17.1. The van der Waals surface area contributed by atoms with E-state index in [1.54, 1.807) is 7.11 Å². The molecule has 0 aromatic rings. The summed E-state index contributed by atoms with van der Waals surface area (Å²) in [6.45, 7) is 2.72. The maximum Gasteiger partial charge on any atom is 0.0988 e. The van der Waals surface area contributed by atoms with Gasteiger partial charge in [-0.25, -0.2) is 0 Å². The molecule has 0 heterocycles. The number of hydrogen-bond acceptors (Lipinski definition) is 4. The van der Waals surface area contributed by atoms with Crippen LogP contribution < -0.4 is 5.73 Å². The molecule has 0 radical (unpaired) electrons. The van der Waals surface area contributed by atoms with Crippen LogP contribution in [-0.4, -0.2) is 44.2 Å². The van der Waals surface area contributed by atoms with Crippen LogP contribution in [0.15, 0.2) is 0 Å². The predicted octanol–water partition coefficient (Wildman–Crippen LogP) is 1.47. The molecule has 4 heteroatoms. The second kappa shape index (κ2) is 6.14. The lowest BCUT2D eigenvalue weighted by molar-refractivity contribution is -0.171. The standard InChI is InChI=1S/C13H25NO3/c1-3-16-13-11(14)8-12(13)17-10-6-4-5-9(7-10)15-2/h9-13H,3-8,14H2,1-2H3. The van der Waals surface area contributed by atoms with E-state index in [9.17, 15) is 0 Å². The summed E-state index contributed by atoms with van der Waals surface area (Å²) in [6, 6.07) is 0.154. The second-order valence-corrected chi connectivity index (χ2v) is 5.14. The van der Waals surface area contributed by atoms with E-state index >= 15 is 0 Å². The van der Waals surface area contributed by atoms with Gasteiger partial charge in [0.1, 0.15) is 0 Å². The van der Waals surface area contributed by atoms with Crippen LogP contribution in [0.25, 0.3) is 0 Å². The van der Waals surface area contributed by atoms with Gasteiger partial charge in [-0.15, -0.1) is 0 Å². The van der Waals surface area contributed by atoms with Crippen LogP contribution in [-0.2, 0) is 14.2 Å². The Morgan fingerprint density at radius 1 is 1.18 bits per heavy atom. The Hall–Kier alpha value is -0.160. The minimum atomic E-state index is 0.0999. The van der Waals surface area contributed by atoms with Crippen molar-refractivity contribution >= 4 is 0 Å². The van der Waals surface area contributed by atoms with Crippen LogP contribution in [0.3, 0.4) is 0 Å². The summed E-state index contributed by atoms with van der Waals surface area (Å²) >= 11 is 0. The first kappa shape index (κ1) is 13.3. The third kappa shape index (κ3) is 3.19. The molecule has 0 spiro atoms. The van der Waals surface area contributed by atoms with Crippen LogP contribution in [0, 0.1) is 0 Å². The van der Waals surface area contributed by atoms with Crippen LogP contribution in [0.2, 0.25) is 0 Å². The number of nitrogens with two attached hydrogens (primary N) is 1. The average Bonchev–Trinajstić information content (AvgIpc) is 2.36. The minimum absolute atomic E-state index is 0.0999. The molecular weight excluding hydrogens is 218 g/mol. The number of hydrogen-bond donors (Lipinski definition) is 1. The van der Waals surface area contributed by atoms with Crippen LogP contribution in [0.4, 0.5) is 0 Å². The molecule has 2 saturated carbocycles. The van der Waals surface area contributed by atoms with Crippen LogP contribution in [0.5, 0.6) is 0 Å². The van der Waals surface area contributed by atoms with Crippen molar-refractivity contribution in [2.24, 2.45) is 5.73 Å². The summed E-state index contributed by atoms with van der Waals surface area (Å²) in [7, 11) is 1.79. The Kier molecular flexibility index (Phi) is 4.79. The monoisotopic (exact) mass is 243 g/mol. The van der Waals surface area contributed by atoms with E-state index in [4.69, 9.17) is 19.9 Å². The predicted molar refractivity (Wildman–Crippen MR) is 65.9 cm³/mol. The highest BCUT2D eigenvalue weighted by Crippen LogP contribution is 2.31. The highest BCUT2D eigenvalue weighted by atomic mass is 16.6. The van der Waals surface area contributed by atoms with Gasteiger partial charge in [-0.2, -0.15) is 0 Å². The summed E-state index contributed by atoms with van der Waals surface area (Å²) in [5.74, 6) is 0. The first-order valence-corrected chi connectivity index (χ1v) is 6.80. The lowest BCUT2D eigenvalue weighted by Crippen LogP contribution is -2.59. The SMILES string of the molecule is CCOC1C(N)CC1OC1CCCC(OC)C1. The fourth-order valence-electron chi connectivity index (χ4n) is 2.86. The Bertz CT molecular complexity index is 235. The van der Waals surface area contributed by atoms with Crippen molar-refractivity contribution in [3.05, 3.63) is 0 Å². The Balaban J connectivity index is 1.76. The van der Waals surface area contributed by atoms with Crippen molar-refractivity contribution in [1.29, 1.82) is 0 Å². The van der Waals surface area contributed by atoms with E-state index in [2.05, 4.69) is 0 Å². The highest BCUT2D eigenvalue weighted by molar-refractivity contribution is 4.96. The Morgan fingerprint density at radius 3 is 2.59 bits per heavy atom. The van der Waals surface area contributed by atoms with Gasteiger partial charge in [-0.1, -0.05) is 0 Å². The molecule has 2 N–H and O–H groups in total. The van der Waals surface area contributed by atoms with E-state index in [1.807, 2.05) is 6.92 Å². The van der Waals surface area contributed by atoms with Gasteiger partial charge in [0.05, 0.1) is 24.4 Å². The van der Waals surface area contributed by atoms with Gasteiger partial charge in [0, 0.05) is 19.8 Å². The number of ether oxygens (including phenoxy) is 3.